The highest BCUT2D eigenvalue weighted by Gasteiger charge is 2.19. The Morgan fingerprint density at radius 2 is 0.457 bits per heavy atom. The minimum atomic E-state index is -0.0160. The first-order chi connectivity index (χ1) is 65.1. The molecule has 3 aromatic rings. The Morgan fingerprint density at radius 3 is 0.750 bits per heavy atom. The van der Waals surface area contributed by atoms with Crippen molar-refractivity contribution in [2.24, 2.45) is 118 Å². The van der Waals surface area contributed by atoms with Gasteiger partial charge in [-0.05, 0) is 124 Å². The molecule has 0 radical (unpaired) electrons. The highest BCUT2D eigenvalue weighted by molar-refractivity contribution is 6.00. The van der Waals surface area contributed by atoms with E-state index in [0.717, 1.165) is 118 Å². The molecule has 26 heteroatoms. The Bertz CT molecular complexity index is 3390. The van der Waals surface area contributed by atoms with Crippen LogP contribution >= 0.6 is 0 Å². The van der Waals surface area contributed by atoms with E-state index in [9.17, 15) is 52.7 Å². The Labute approximate surface area is 856 Å². The van der Waals surface area contributed by atoms with E-state index in [1.807, 2.05) is 168 Å². The maximum Gasteiger partial charge on any atom is 0.160 e. The predicted molar refractivity (Wildman–Crippen MR) is 576 cm³/mol. The monoisotopic (exact) mass is 1980 g/mol. The SMILES string of the molecule is CC(C)C(=O)CC(=O)C(C)C.CC(C)C(=O)CCOCCC(=O)C(C)C.CC(C)C(=O)COCCOCC(=O)C(C)C.CC(C)C(=O)Cc1cn(CC(=O)C(C)C)nn1.CC(C)CCC(=O)C(C)C.CC(C)CCCCC(C)C.CC(C)CCCOCCCC(C)C.CC(C)CCCOCCOCCC(=O)C(C)C.CC(C)CCc1cn(CCC(C)C)nn1.CC(C)CCn1cc(CC(=O)C(C)C)nn1. The summed E-state index contributed by atoms with van der Waals surface area (Å²) < 4.78 is 37.0. The van der Waals surface area contributed by atoms with Gasteiger partial charge >= 0.3 is 0 Å². The number of Topliss-reactive ketones (excluding diaryl/α,β-unsaturated/α-hetero) is 11. The van der Waals surface area contributed by atoms with Gasteiger partial charge in [0, 0.05) is 142 Å². The number of ether oxygens (including phenoxy) is 6. The second kappa shape index (κ2) is 93.6. The van der Waals surface area contributed by atoms with Gasteiger partial charge in [-0.1, -0.05) is 318 Å². The summed E-state index contributed by atoms with van der Waals surface area (Å²) in [7, 11) is 0. The fourth-order valence-corrected chi connectivity index (χ4v) is 10.8. The molecule has 0 fully saturated rings. The first-order valence-electron chi connectivity index (χ1n) is 54.1. The summed E-state index contributed by atoms with van der Waals surface area (Å²) in [5.74, 6) is 9.28. The lowest BCUT2D eigenvalue weighted by molar-refractivity contribution is -0.131. The fourth-order valence-electron chi connectivity index (χ4n) is 10.8. The van der Waals surface area contributed by atoms with Crippen LogP contribution in [0.1, 0.15) is 416 Å². The second-order valence-electron chi connectivity index (χ2n) is 44.4. The lowest BCUT2D eigenvalue weighted by Gasteiger charge is -2.07. The normalized spacial score (nSPS) is 11.3. The zero-order chi connectivity index (χ0) is 109. The van der Waals surface area contributed by atoms with E-state index in [-0.39, 0.29) is 156 Å². The third-order valence-corrected chi connectivity index (χ3v) is 21.8. The van der Waals surface area contributed by atoms with E-state index in [0.29, 0.717) is 95.2 Å². The van der Waals surface area contributed by atoms with Gasteiger partial charge in [-0.25, -0.2) is 4.68 Å². The van der Waals surface area contributed by atoms with Crippen LogP contribution in [0.25, 0.3) is 0 Å². The van der Waals surface area contributed by atoms with Gasteiger partial charge in [0.2, 0.25) is 0 Å². The third-order valence-electron chi connectivity index (χ3n) is 21.8. The number of carbonyl (C=O) groups is 11. The van der Waals surface area contributed by atoms with Crippen molar-refractivity contribution in [3.63, 3.8) is 0 Å². The number of hydrogen-bond donors (Lipinski definition) is 0. The Morgan fingerprint density at radius 1 is 0.221 bits per heavy atom. The van der Waals surface area contributed by atoms with Gasteiger partial charge in [0.15, 0.2) is 17.3 Å². The molecular weight excluding hydrogens is 1770 g/mol. The molecule has 0 spiro atoms. The van der Waals surface area contributed by atoms with Gasteiger partial charge in [0.1, 0.15) is 66.0 Å². The quantitative estimate of drug-likeness (QED) is 0.0374. The second-order valence-corrected chi connectivity index (χ2v) is 44.4. The molecule has 3 rings (SSSR count). The number of rotatable bonds is 67. The highest BCUT2D eigenvalue weighted by Crippen LogP contribution is 2.16. The molecule has 0 N–H and O–H groups in total. The number of hydrogen-bond acceptors (Lipinski definition) is 23. The van der Waals surface area contributed by atoms with Crippen LogP contribution in [-0.2, 0) is 120 Å². The summed E-state index contributed by atoms with van der Waals surface area (Å²) in [5, 5.41) is 24.1. The van der Waals surface area contributed by atoms with Crippen molar-refractivity contribution >= 4 is 63.6 Å². The van der Waals surface area contributed by atoms with Crippen molar-refractivity contribution in [2.45, 2.75) is 438 Å². The standard InChI is InChI=1S/C14H28O3.C12H19N3O2.C12H21N3O.C12H23N3.C12H22O4.C12H22O3.C12H26O.C10H22.C9H16O2.C9H18O/c1-12(2)6-5-8-16-10-11-17-9-7-14(15)13(3)4;1-8(2)11(16)5-10-6-15(14-13-10)7-12(17)9(3)4;1-9(2)5-6-15-8-11(13-14-15)7-12(16)10(3)4;1-10(2)5-6-12-9-15(14-13-12)8-7-11(3)4;1-9(2)11(13)7-15-5-6-16-8-12(14)10(3)4;1-9(2)11(13)5-7-15-8-6-12(14)10(3)4;1-11(2)7-5-9-13-10-6-8-12(3)4;1-9(2)7-5-6-8-10(3)4;1-6(2)8(10)5-9(11)7(3)4;1-7(2)5-6-9(10)8(3)4/h12-13H,5-11H2,1-4H3;6,8-9H,5,7H2,1-4H3;8-10H,5-7H2,1-4H3;9-11H,5-8H2,1-4H3;9-10H,5-8H2,1-4H3;9-10H,5-8H2,1-4H3;11-12H,5-10H2,1-4H3;9-10H,5-8H2,1-4H3;6-7H,5H2,1-4H3;7-8H,5-6H2,1-4H3. The summed E-state index contributed by atoms with van der Waals surface area (Å²) in [6.45, 7) is 89.8. The molecule has 0 bridgehead atoms. The molecular formula is C114H217N9O17. The maximum atomic E-state index is 11.5. The van der Waals surface area contributed by atoms with Crippen molar-refractivity contribution < 1.29 is 81.2 Å². The van der Waals surface area contributed by atoms with Crippen LogP contribution < -0.4 is 0 Å². The number of aromatic nitrogens is 9. The molecule has 820 valence electrons. The molecule has 0 amide bonds. The summed E-state index contributed by atoms with van der Waals surface area (Å²) in [5.41, 5.74) is 2.54. The van der Waals surface area contributed by atoms with Crippen LogP contribution in [0.15, 0.2) is 18.6 Å². The topological polar surface area (TPSA) is 335 Å². The van der Waals surface area contributed by atoms with Crippen molar-refractivity contribution in [1.29, 1.82) is 0 Å². The predicted octanol–water partition coefficient (Wildman–Crippen LogP) is 25.3. The first kappa shape index (κ1) is 147. The number of nitrogens with zero attached hydrogens (tertiary/aromatic N) is 9. The van der Waals surface area contributed by atoms with Crippen LogP contribution in [0, 0.1) is 118 Å². The summed E-state index contributed by atoms with van der Waals surface area (Å²) in [6.07, 6.45) is 27.2. The summed E-state index contributed by atoms with van der Waals surface area (Å²) in [4.78, 5) is 124. The van der Waals surface area contributed by atoms with Gasteiger partial charge < -0.3 is 28.4 Å². The van der Waals surface area contributed by atoms with E-state index in [1.54, 1.807) is 6.20 Å². The molecule has 0 aromatic carbocycles. The average molecular weight is 1990 g/mol. The van der Waals surface area contributed by atoms with Gasteiger partial charge in [0.25, 0.3) is 0 Å². The van der Waals surface area contributed by atoms with Crippen LogP contribution in [0.4, 0.5) is 0 Å². The smallest absolute Gasteiger partial charge is 0.160 e. The van der Waals surface area contributed by atoms with E-state index >= 15 is 0 Å². The minimum Gasteiger partial charge on any atom is -0.381 e. The van der Waals surface area contributed by atoms with E-state index < -0.39 is 0 Å². The zero-order valence-corrected chi connectivity index (χ0v) is 97.4. The molecule has 0 unspecified atom stereocenters. The van der Waals surface area contributed by atoms with Gasteiger partial charge in [-0.15, -0.1) is 15.3 Å². The summed E-state index contributed by atoms with van der Waals surface area (Å²) in [6, 6.07) is 0. The number of ketones is 11. The Balaban J connectivity index is -0.000000282. The molecule has 140 heavy (non-hydrogen) atoms. The average Bonchev–Trinajstić information content (AvgIpc) is 1.77. The third kappa shape index (κ3) is 104. The van der Waals surface area contributed by atoms with Crippen LogP contribution in [0.3, 0.4) is 0 Å². The van der Waals surface area contributed by atoms with E-state index in [4.69, 9.17) is 28.4 Å². The zero-order valence-electron chi connectivity index (χ0n) is 97.4. The number of unbranched alkanes of at least 4 members (excludes halogenated alkanes) is 1. The first-order valence-corrected chi connectivity index (χ1v) is 54.1. The largest absolute Gasteiger partial charge is 0.381 e. The Kier molecular flexibility index (Phi) is 98.0. The molecule has 3 aromatic heterocycles. The fraction of sp³-hybridized carbons (Fsp3) is 0.851. The molecule has 26 nitrogen and oxygen atoms in total. The lowest BCUT2D eigenvalue weighted by atomic mass is 9.98. The lowest BCUT2D eigenvalue weighted by Crippen LogP contribution is -2.19. The molecule has 0 aliphatic heterocycles. The number of carbonyl (C=O) groups excluding carboxylic acids is 11. The van der Waals surface area contributed by atoms with E-state index in [1.165, 1.54) is 75.3 Å². The Hall–Kier alpha value is -6.45. The van der Waals surface area contributed by atoms with Crippen LogP contribution in [0.2, 0.25) is 0 Å². The number of aryl methyl sites for hydroxylation is 3. The van der Waals surface area contributed by atoms with Gasteiger partial charge in [-0.2, -0.15) is 0 Å². The van der Waals surface area contributed by atoms with Gasteiger partial charge in [0.05, 0.1) is 82.6 Å². The van der Waals surface area contributed by atoms with Crippen molar-refractivity contribution in [3.05, 3.63) is 35.7 Å². The maximum absolute atomic E-state index is 11.5. The molecule has 0 aliphatic carbocycles. The van der Waals surface area contributed by atoms with Crippen molar-refractivity contribution in [1.82, 2.24) is 45.0 Å². The molecule has 0 aliphatic rings. The summed E-state index contributed by atoms with van der Waals surface area (Å²) >= 11 is 0. The van der Waals surface area contributed by atoms with E-state index in [2.05, 4.69) is 162 Å². The molecule has 3 heterocycles. The molecule has 0 saturated carbocycles. The van der Waals surface area contributed by atoms with Crippen LogP contribution in [-0.4, -0.2) is 188 Å². The van der Waals surface area contributed by atoms with Crippen LogP contribution in [0.5, 0.6) is 0 Å². The molecule has 0 atom stereocenters. The van der Waals surface area contributed by atoms with Gasteiger partial charge in [-0.3, -0.25) is 62.1 Å². The minimum absolute atomic E-state index is 0.00236. The highest BCUT2D eigenvalue weighted by atomic mass is 16.5. The van der Waals surface area contributed by atoms with Crippen molar-refractivity contribution in [2.75, 3.05) is 79.3 Å². The molecule has 0 saturated heterocycles. The van der Waals surface area contributed by atoms with Crippen molar-refractivity contribution in [3.8, 4) is 0 Å².